The van der Waals surface area contributed by atoms with Crippen molar-refractivity contribution in [2.75, 3.05) is 18.4 Å². The number of hydrogen-bond acceptors (Lipinski definition) is 15. The third-order valence-electron chi connectivity index (χ3n) is 13.9. The van der Waals surface area contributed by atoms with Gasteiger partial charge in [-0.05, 0) is 54.8 Å². The number of fused-ring (bicyclic) bond motifs is 5. The number of aliphatic hydroxyl groups is 2. The number of aliphatic hydroxyl groups excluding tert-OH is 1. The van der Waals surface area contributed by atoms with E-state index in [0.717, 1.165) is 6.92 Å². The maximum Gasteiger partial charge on any atom is 0.350 e. The Morgan fingerprint density at radius 2 is 1.42 bits per heavy atom. The standard InChI is InChI=1S/C49H51Cl2NO15/c1-26-31(63-45(60)39(65-35(55)24-51)37(28-15-9-6-10-16-28)52-43(58)29-17-11-7-12-18-29)22-49(61)42(66-44(59)30-19-13-8-14-20-30)40-47(5,41(57)38(56)36(26)46(49,3)4)32(64-34(54)23-50)21-33-48(40,25-62-33)67-27(2)53/h6-20,31-33,37-40,42,56,61H,21-25H2,1-5H3,(H,52,58)/t31-,32-,33+,37-,38+,39+,40-,42-,47+,48-,49+/m0/s1. The van der Waals surface area contributed by atoms with Crippen molar-refractivity contribution in [3.63, 3.8) is 0 Å². The molecular weight excluding hydrogens is 913 g/mol. The molecule has 3 aromatic carbocycles. The molecule has 3 N–H and O–H groups in total. The summed E-state index contributed by atoms with van der Waals surface area (Å²) in [6.07, 6.45) is -10.9. The van der Waals surface area contributed by atoms with Gasteiger partial charge in [0.25, 0.3) is 5.91 Å². The molecular formula is C49H51Cl2NO15. The Hall–Kier alpha value is -5.65. The minimum Gasteiger partial charge on any atom is -0.460 e. The van der Waals surface area contributed by atoms with E-state index in [-0.39, 0.29) is 35.3 Å². The number of alkyl halides is 2. The van der Waals surface area contributed by atoms with Gasteiger partial charge in [0, 0.05) is 30.7 Å². The molecule has 3 aliphatic carbocycles. The number of carbonyl (C=O) groups is 7. The van der Waals surface area contributed by atoms with Gasteiger partial charge in [-0.2, -0.15) is 0 Å². The van der Waals surface area contributed by atoms with E-state index in [1.165, 1.54) is 39.8 Å². The van der Waals surface area contributed by atoms with Crippen LogP contribution in [-0.2, 0) is 52.4 Å². The lowest BCUT2D eigenvalue weighted by molar-refractivity contribution is -0.346. The predicted octanol–water partition coefficient (Wildman–Crippen LogP) is 4.74. The molecule has 1 saturated heterocycles. The minimum atomic E-state index is -2.47. The molecule has 0 unspecified atom stereocenters. The number of rotatable bonds is 13. The highest BCUT2D eigenvalue weighted by atomic mass is 35.5. The number of carbonyl (C=O) groups excluding carboxylic acids is 7. The Kier molecular flexibility index (Phi) is 14.1. The Morgan fingerprint density at radius 1 is 0.836 bits per heavy atom. The van der Waals surface area contributed by atoms with Crippen LogP contribution in [0.4, 0.5) is 0 Å². The van der Waals surface area contributed by atoms with Crippen molar-refractivity contribution in [1.29, 1.82) is 0 Å². The summed E-state index contributed by atoms with van der Waals surface area (Å²) in [5.41, 5.74) is -7.64. The van der Waals surface area contributed by atoms with Crippen LogP contribution in [0.1, 0.15) is 79.8 Å². The van der Waals surface area contributed by atoms with Crippen LogP contribution in [0.15, 0.2) is 102 Å². The topological polar surface area (TPSA) is 227 Å². The molecule has 1 heterocycles. The van der Waals surface area contributed by atoms with E-state index in [4.69, 9.17) is 51.6 Å². The molecule has 4 aliphatic rings. The van der Waals surface area contributed by atoms with Crippen LogP contribution in [0.2, 0.25) is 0 Å². The number of Topliss-reactive ketones (excluding diaryl/α,β-unsaturated/α-hetero) is 1. The predicted molar refractivity (Wildman–Crippen MR) is 237 cm³/mol. The van der Waals surface area contributed by atoms with Crippen LogP contribution < -0.4 is 5.32 Å². The van der Waals surface area contributed by atoms with Gasteiger partial charge in [-0.1, -0.05) is 80.6 Å². The largest absolute Gasteiger partial charge is 0.460 e. The zero-order valence-electron chi connectivity index (χ0n) is 37.3. The van der Waals surface area contributed by atoms with Crippen molar-refractivity contribution in [2.45, 2.75) is 101 Å². The van der Waals surface area contributed by atoms with Crippen LogP contribution in [0.5, 0.6) is 0 Å². The minimum absolute atomic E-state index is 0.0297. The molecule has 2 bridgehead atoms. The van der Waals surface area contributed by atoms with Gasteiger partial charge in [0.15, 0.2) is 11.4 Å². The van der Waals surface area contributed by atoms with Gasteiger partial charge < -0.3 is 44.0 Å². The fourth-order valence-electron chi connectivity index (χ4n) is 10.6. The molecule has 0 spiro atoms. The number of halogens is 2. The van der Waals surface area contributed by atoms with Crippen LogP contribution >= 0.6 is 23.2 Å². The molecule has 67 heavy (non-hydrogen) atoms. The number of ketones is 1. The summed E-state index contributed by atoms with van der Waals surface area (Å²) in [6.45, 7) is 6.66. The fraction of sp³-hybridized carbons (Fsp3) is 0.449. The summed E-state index contributed by atoms with van der Waals surface area (Å²) in [7, 11) is 0. The Morgan fingerprint density at radius 3 is 1.97 bits per heavy atom. The number of amides is 1. The lowest BCUT2D eigenvalue weighted by atomic mass is 9.44. The Labute approximate surface area is 396 Å². The van der Waals surface area contributed by atoms with E-state index in [9.17, 15) is 39.0 Å². The second-order valence-electron chi connectivity index (χ2n) is 18.0. The van der Waals surface area contributed by atoms with Crippen molar-refractivity contribution in [3.8, 4) is 0 Å². The highest BCUT2D eigenvalue weighted by Crippen LogP contribution is 2.64. The first kappa shape index (κ1) is 49.3. The van der Waals surface area contributed by atoms with Crippen LogP contribution in [0.3, 0.4) is 0 Å². The van der Waals surface area contributed by atoms with Crippen molar-refractivity contribution in [3.05, 3.63) is 119 Å². The van der Waals surface area contributed by atoms with Crippen molar-refractivity contribution in [1.82, 2.24) is 5.32 Å². The van der Waals surface area contributed by atoms with Crippen molar-refractivity contribution >= 4 is 64.7 Å². The summed E-state index contributed by atoms with van der Waals surface area (Å²) in [5.74, 6) is -9.59. The quantitative estimate of drug-likeness (QED) is 0.0910. The maximum atomic E-state index is 15.5. The molecule has 16 nitrogen and oxygen atoms in total. The van der Waals surface area contributed by atoms with Crippen LogP contribution in [0.25, 0.3) is 0 Å². The first-order valence-corrected chi connectivity index (χ1v) is 22.7. The van der Waals surface area contributed by atoms with Gasteiger partial charge >= 0.3 is 29.8 Å². The number of esters is 5. The second-order valence-corrected chi connectivity index (χ2v) is 18.5. The lowest BCUT2D eigenvalue weighted by Crippen LogP contribution is -2.82. The molecule has 18 heteroatoms. The summed E-state index contributed by atoms with van der Waals surface area (Å²) >= 11 is 11.8. The normalized spacial score (nSPS) is 30.3. The summed E-state index contributed by atoms with van der Waals surface area (Å²) in [4.78, 5) is 97.6. The summed E-state index contributed by atoms with van der Waals surface area (Å²) < 4.78 is 36.2. The first-order chi connectivity index (χ1) is 31.7. The van der Waals surface area contributed by atoms with Gasteiger partial charge in [-0.25, -0.2) is 9.59 Å². The molecule has 356 valence electrons. The van der Waals surface area contributed by atoms with Crippen LogP contribution in [-0.4, -0.2) is 118 Å². The van der Waals surface area contributed by atoms with Gasteiger partial charge in [-0.3, -0.25) is 24.0 Å². The zero-order valence-corrected chi connectivity index (χ0v) is 38.8. The highest BCUT2D eigenvalue weighted by Gasteiger charge is 2.78. The summed E-state index contributed by atoms with van der Waals surface area (Å²) in [5, 5.41) is 29.1. The van der Waals surface area contributed by atoms with Gasteiger partial charge in [-0.15, -0.1) is 23.2 Å². The van der Waals surface area contributed by atoms with E-state index >= 15 is 4.79 Å². The van der Waals surface area contributed by atoms with E-state index in [2.05, 4.69) is 5.32 Å². The van der Waals surface area contributed by atoms with Gasteiger partial charge in [0.2, 0.25) is 6.10 Å². The zero-order chi connectivity index (χ0) is 48.6. The van der Waals surface area contributed by atoms with Gasteiger partial charge in [0.1, 0.15) is 53.9 Å². The van der Waals surface area contributed by atoms with E-state index < -0.39 is 130 Å². The molecule has 1 amide bonds. The molecule has 3 fully saturated rings. The van der Waals surface area contributed by atoms with E-state index in [1.807, 2.05) is 0 Å². The first-order valence-electron chi connectivity index (χ1n) is 21.6. The fourth-order valence-corrected chi connectivity index (χ4v) is 10.7. The number of hydrogen-bond donors (Lipinski definition) is 3. The highest BCUT2D eigenvalue weighted by molar-refractivity contribution is 6.26. The maximum absolute atomic E-state index is 15.5. The average Bonchev–Trinajstić information content (AvgIpc) is 3.31. The third kappa shape index (κ3) is 8.74. The molecule has 3 aromatic rings. The monoisotopic (exact) mass is 963 g/mol. The average molecular weight is 965 g/mol. The smallest absolute Gasteiger partial charge is 0.350 e. The van der Waals surface area contributed by atoms with Crippen molar-refractivity contribution in [2.24, 2.45) is 16.7 Å². The number of nitrogens with one attached hydrogen (secondary N) is 1. The molecule has 11 atom stereocenters. The van der Waals surface area contributed by atoms with E-state index in [0.29, 0.717) is 5.56 Å². The van der Waals surface area contributed by atoms with Crippen LogP contribution in [0, 0.1) is 16.7 Å². The lowest BCUT2D eigenvalue weighted by Gasteiger charge is -2.67. The number of benzene rings is 3. The Bertz CT molecular complexity index is 2450. The molecule has 0 radical (unpaired) electrons. The van der Waals surface area contributed by atoms with Gasteiger partial charge in [0.05, 0.1) is 23.5 Å². The second kappa shape index (κ2) is 19.2. The third-order valence-corrected chi connectivity index (χ3v) is 14.3. The van der Waals surface area contributed by atoms with Crippen molar-refractivity contribution < 1.29 is 72.2 Å². The molecule has 1 aliphatic heterocycles. The molecule has 2 saturated carbocycles. The molecule has 0 aromatic heterocycles. The molecule has 7 rings (SSSR count). The number of ether oxygens (including phenoxy) is 6. The SMILES string of the molecule is CC(=O)O[C@@]12CO[C@@H]1C[C@H](OC(=O)CCl)[C@@]1(C)C(=O)[C@H](O)C3=C(C)[C@@H](OC(=O)[C@H](OC(=O)CCl)[C@@H](NC(=O)c4ccccc4)c4ccccc4)C[C@@](O)([C@@H](OC(=O)c4ccccc4)[C@H]21)C3(C)C. The Balaban J connectivity index is 1.41. The summed E-state index contributed by atoms with van der Waals surface area (Å²) in [6, 6.07) is 22.6. The van der Waals surface area contributed by atoms with E-state index in [1.54, 1.807) is 78.9 Å².